The predicted octanol–water partition coefficient (Wildman–Crippen LogP) is 3.73. The third-order valence-electron chi connectivity index (χ3n) is 5.65. The van der Waals surface area contributed by atoms with E-state index in [2.05, 4.69) is 0 Å². The molecule has 0 spiro atoms. The molecule has 0 N–H and O–H groups in total. The molecule has 0 bridgehead atoms. The lowest BCUT2D eigenvalue weighted by molar-refractivity contribution is -0.0229. The number of rotatable bonds is 4. The van der Waals surface area contributed by atoms with Gasteiger partial charge in [-0.05, 0) is 42.7 Å². The number of benzene rings is 2. The molecular weight excluding hydrogens is 424 g/mol. The lowest BCUT2D eigenvalue weighted by Crippen LogP contribution is -2.43. The number of piperidine rings is 1. The van der Waals surface area contributed by atoms with E-state index in [1.807, 2.05) is 12.1 Å². The van der Waals surface area contributed by atoms with Gasteiger partial charge in [0.1, 0.15) is 6.10 Å². The molecule has 0 aromatic heterocycles. The molecule has 2 aromatic carbocycles. The van der Waals surface area contributed by atoms with E-state index in [0.717, 1.165) is 24.8 Å². The largest absolute Gasteiger partial charge is 0.370 e. The van der Waals surface area contributed by atoms with Gasteiger partial charge in [-0.15, -0.1) is 0 Å². The second kappa shape index (κ2) is 9.06. The summed E-state index contributed by atoms with van der Waals surface area (Å²) >= 11 is 5.97. The van der Waals surface area contributed by atoms with Crippen LogP contribution in [0.15, 0.2) is 53.4 Å². The molecule has 0 saturated carbocycles. The van der Waals surface area contributed by atoms with Crippen molar-refractivity contribution in [3.05, 3.63) is 64.7 Å². The summed E-state index contributed by atoms with van der Waals surface area (Å²) in [4.78, 5) is 15.1. The van der Waals surface area contributed by atoms with Crippen LogP contribution in [-0.4, -0.2) is 56.3 Å². The number of sulfonamides is 1. The molecule has 1 unspecified atom stereocenters. The van der Waals surface area contributed by atoms with E-state index >= 15 is 0 Å². The van der Waals surface area contributed by atoms with Crippen molar-refractivity contribution in [3.63, 3.8) is 0 Å². The average Bonchev–Trinajstić information content (AvgIpc) is 2.80. The van der Waals surface area contributed by atoms with Gasteiger partial charge in [0.05, 0.1) is 23.6 Å². The number of amides is 1. The predicted molar refractivity (Wildman–Crippen MR) is 115 cm³/mol. The van der Waals surface area contributed by atoms with Crippen molar-refractivity contribution >= 4 is 27.5 Å². The maximum atomic E-state index is 13.3. The minimum atomic E-state index is -3.71. The quantitative estimate of drug-likeness (QED) is 0.714. The molecule has 2 aliphatic heterocycles. The maximum absolute atomic E-state index is 13.3. The smallest absolute Gasteiger partial charge is 0.255 e. The van der Waals surface area contributed by atoms with Crippen LogP contribution in [-0.2, 0) is 14.8 Å². The fraction of sp³-hybridized carbons (Fsp3) is 0.409. The standard InChI is InChI=1S/C22H25ClN2O4S/c23-18-10-8-17(9-11-18)20-16-24(14-15-29-20)22(26)19-6-2-3-7-21(19)30(27,28)25-12-4-1-5-13-25/h2-3,6-11,20H,1,4-5,12-16H2. The molecule has 2 saturated heterocycles. The highest BCUT2D eigenvalue weighted by Gasteiger charge is 2.33. The summed E-state index contributed by atoms with van der Waals surface area (Å²) in [5, 5.41) is 0.638. The Hall–Kier alpha value is -1.93. The first-order valence-electron chi connectivity index (χ1n) is 10.2. The van der Waals surface area contributed by atoms with Gasteiger partial charge in [0, 0.05) is 24.7 Å². The molecule has 1 atom stereocenters. The normalized spacial score (nSPS) is 20.8. The Morgan fingerprint density at radius 1 is 0.967 bits per heavy atom. The van der Waals surface area contributed by atoms with Gasteiger partial charge in [-0.2, -0.15) is 4.31 Å². The molecule has 1 amide bonds. The monoisotopic (exact) mass is 448 g/mol. The molecule has 2 fully saturated rings. The highest BCUT2D eigenvalue weighted by molar-refractivity contribution is 7.89. The number of hydrogen-bond donors (Lipinski definition) is 0. The average molecular weight is 449 g/mol. The van der Waals surface area contributed by atoms with Crippen LogP contribution in [0.5, 0.6) is 0 Å². The molecule has 0 radical (unpaired) electrons. The topological polar surface area (TPSA) is 66.9 Å². The summed E-state index contributed by atoms with van der Waals surface area (Å²) in [6.45, 7) is 2.17. The third kappa shape index (κ3) is 4.39. The van der Waals surface area contributed by atoms with E-state index in [1.165, 1.54) is 10.4 Å². The molecule has 8 heteroatoms. The molecule has 2 aromatic rings. The highest BCUT2D eigenvalue weighted by atomic mass is 35.5. The van der Waals surface area contributed by atoms with Crippen molar-refractivity contribution in [3.8, 4) is 0 Å². The Morgan fingerprint density at radius 2 is 1.67 bits per heavy atom. The Bertz CT molecular complexity index is 1000. The van der Waals surface area contributed by atoms with Crippen LogP contribution in [0, 0.1) is 0 Å². The second-order valence-electron chi connectivity index (χ2n) is 7.62. The molecule has 0 aliphatic carbocycles. The van der Waals surface area contributed by atoms with Gasteiger partial charge >= 0.3 is 0 Å². The van der Waals surface area contributed by atoms with Crippen LogP contribution >= 0.6 is 11.6 Å². The van der Waals surface area contributed by atoms with E-state index in [9.17, 15) is 13.2 Å². The number of carbonyl (C=O) groups excluding carboxylic acids is 1. The van der Waals surface area contributed by atoms with E-state index in [4.69, 9.17) is 16.3 Å². The van der Waals surface area contributed by atoms with Crippen molar-refractivity contribution in [2.45, 2.75) is 30.3 Å². The lowest BCUT2D eigenvalue weighted by Gasteiger charge is -2.34. The Kier molecular flexibility index (Phi) is 6.43. The fourth-order valence-electron chi connectivity index (χ4n) is 4.00. The Balaban J connectivity index is 1.58. The minimum absolute atomic E-state index is 0.0893. The first kappa shape index (κ1) is 21.3. The second-order valence-corrected chi connectivity index (χ2v) is 9.97. The van der Waals surface area contributed by atoms with Crippen LogP contribution in [0.25, 0.3) is 0 Å². The number of hydrogen-bond acceptors (Lipinski definition) is 4. The summed E-state index contributed by atoms with van der Waals surface area (Å²) < 4.78 is 33.8. The van der Waals surface area contributed by atoms with Crippen molar-refractivity contribution in [1.29, 1.82) is 0 Å². The zero-order chi connectivity index (χ0) is 21.1. The maximum Gasteiger partial charge on any atom is 0.255 e. The van der Waals surface area contributed by atoms with Gasteiger partial charge in [0.25, 0.3) is 5.91 Å². The number of ether oxygens (including phenoxy) is 1. The summed E-state index contributed by atoms with van der Waals surface area (Å²) in [5.74, 6) is -0.284. The van der Waals surface area contributed by atoms with Crippen molar-refractivity contribution < 1.29 is 17.9 Å². The zero-order valence-corrected chi connectivity index (χ0v) is 18.2. The SMILES string of the molecule is O=C(c1ccccc1S(=O)(=O)N1CCCCC1)N1CCOC(c2ccc(Cl)cc2)C1. The van der Waals surface area contributed by atoms with Crippen LogP contribution in [0.4, 0.5) is 0 Å². The van der Waals surface area contributed by atoms with Crippen LogP contribution in [0.3, 0.4) is 0 Å². The number of morpholine rings is 1. The first-order chi connectivity index (χ1) is 14.5. The Labute approximate surface area is 182 Å². The van der Waals surface area contributed by atoms with E-state index < -0.39 is 10.0 Å². The van der Waals surface area contributed by atoms with Crippen molar-refractivity contribution in [2.75, 3.05) is 32.8 Å². The van der Waals surface area contributed by atoms with Crippen molar-refractivity contribution in [1.82, 2.24) is 9.21 Å². The number of halogens is 1. The number of carbonyl (C=O) groups is 1. The summed E-state index contributed by atoms with van der Waals surface area (Å²) in [6.07, 6.45) is 2.46. The molecule has 160 valence electrons. The fourth-order valence-corrected chi connectivity index (χ4v) is 5.82. The number of nitrogens with zero attached hydrogens (tertiary/aromatic N) is 2. The van der Waals surface area contributed by atoms with Gasteiger partial charge in [-0.1, -0.05) is 42.3 Å². The molecule has 2 heterocycles. The van der Waals surface area contributed by atoms with E-state index in [1.54, 1.807) is 35.2 Å². The minimum Gasteiger partial charge on any atom is -0.370 e. The van der Waals surface area contributed by atoms with Crippen LogP contribution in [0.2, 0.25) is 5.02 Å². The molecular formula is C22H25ClN2O4S. The van der Waals surface area contributed by atoms with Gasteiger partial charge < -0.3 is 9.64 Å². The zero-order valence-electron chi connectivity index (χ0n) is 16.7. The van der Waals surface area contributed by atoms with Crippen LogP contribution < -0.4 is 0 Å². The molecule has 2 aliphatic rings. The lowest BCUT2D eigenvalue weighted by atomic mass is 10.1. The molecule has 6 nitrogen and oxygen atoms in total. The van der Waals surface area contributed by atoms with Crippen molar-refractivity contribution in [2.24, 2.45) is 0 Å². The van der Waals surface area contributed by atoms with Gasteiger partial charge in [0.15, 0.2) is 0 Å². The molecule has 30 heavy (non-hydrogen) atoms. The summed E-state index contributed by atoms with van der Waals surface area (Å²) in [6, 6.07) is 13.9. The highest BCUT2D eigenvalue weighted by Crippen LogP contribution is 2.28. The van der Waals surface area contributed by atoms with Gasteiger partial charge in [0.2, 0.25) is 10.0 Å². The van der Waals surface area contributed by atoms with Gasteiger partial charge in [-0.25, -0.2) is 8.42 Å². The van der Waals surface area contributed by atoms with E-state index in [0.29, 0.717) is 37.8 Å². The van der Waals surface area contributed by atoms with E-state index in [-0.39, 0.29) is 22.5 Å². The first-order valence-corrected chi connectivity index (χ1v) is 12.0. The Morgan fingerprint density at radius 3 is 2.40 bits per heavy atom. The summed E-state index contributed by atoms with van der Waals surface area (Å²) in [5.41, 5.74) is 1.16. The third-order valence-corrected chi connectivity index (χ3v) is 7.85. The molecule has 4 rings (SSSR count). The van der Waals surface area contributed by atoms with Crippen LogP contribution in [0.1, 0.15) is 41.3 Å². The van der Waals surface area contributed by atoms with Gasteiger partial charge in [-0.3, -0.25) is 4.79 Å². The summed E-state index contributed by atoms with van der Waals surface area (Å²) in [7, 11) is -3.71.